The molecule has 0 fully saturated rings. The zero-order valence-electron chi connectivity index (χ0n) is 9.83. The monoisotopic (exact) mass is 211 g/mol. The van der Waals surface area contributed by atoms with E-state index in [1.54, 1.807) is 0 Å². The van der Waals surface area contributed by atoms with Crippen LogP contribution in [0.3, 0.4) is 0 Å². The van der Waals surface area contributed by atoms with E-state index in [0.29, 0.717) is 0 Å². The van der Waals surface area contributed by atoms with Crippen LogP contribution >= 0.6 is 0 Å². The first-order chi connectivity index (χ1) is 7.85. The molecule has 0 heterocycles. The van der Waals surface area contributed by atoms with Gasteiger partial charge in [0.15, 0.2) is 0 Å². The molecule has 0 radical (unpaired) electrons. The largest absolute Gasteiger partial charge is 0.388 e. The highest BCUT2D eigenvalue weighted by Crippen LogP contribution is 2.27. The molecule has 1 heteroatoms. The van der Waals surface area contributed by atoms with Crippen molar-refractivity contribution in [2.75, 3.05) is 12.4 Å². The quantitative estimate of drug-likeness (QED) is 0.810. The summed E-state index contributed by atoms with van der Waals surface area (Å²) in [4.78, 5) is 0. The molecule has 2 rings (SSSR count). The summed E-state index contributed by atoms with van der Waals surface area (Å²) >= 11 is 0. The number of rotatable bonds is 3. The van der Waals surface area contributed by atoms with Crippen molar-refractivity contribution in [3.8, 4) is 11.1 Å². The number of anilines is 1. The zero-order valence-corrected chi connectivity index (χ0v) is 9.83. The Balaban J connectivity index is 2.49. The summed E-state index contributed by atoms with van der Waals surface area (Å²) in [5, 5.41) is 3.23. The van der Waals surface area contributed by atoms with Crippen LogP contribution in [0.15, 0.2) is 48.5 Å². The lowest BCUT2D eigenvalue weighted by Gasteiger charge is -2.09. The van der Waals surface area contributed by atoms with Gasteiger partial charge < -0.3 is 5.32 Å². The summed E-state index contributed by atoms with van der Waals surface area (Å²) in [5.41, 5.74) is 5.10. The molecule has 0 saturated carbocycles. The number of hydrogen-bond donors (Lipinski definition) is 1. The van der Waals surface area contributed by atoms with E-state index in [-0.39, 0.29) is 0 Å². The second-order valence-corrected chi connectivity index (χ2v) is 3.85. The van der Waals surface area contributed by atoms with Crippen LogP contribution in [0.1, 0.15) is 12.5 Å². The first-order valence-corrected chi connectivity index (χ1v) is 5.71. The normalized spacial score (nSPS) is 10.1. The van der Waals surface area contributed by atoms with Gasteiger partial charge in [-0.2, -0.15) is 0 Å². The van der Waals surface area contributed by atoms with Gasteiger partial charge >= 0.3 is 0 Å². The van der Waals surface area contributed by atoms with Gasteiger partial charge in [-0.05, 0) is 23.6 Å². The smallest absolute Gasteiger partial charge is 0.0417 e. The molecule has 0 amide bonds. The molecule has 0 aromatic heterocycles. The second kappa shape index (κ2) is 4.84. The summed E-state index contributed by atoms with van der Waals surface area (Å²) in [6, 6.07) is 17.1. The summed E-state index contributed by atoms with van der Waals surface area (Å²) in [6.45, 7) is 2.18. The van der Waals surface area contributed by atoms with Crippen molar-refractivity contribution in [1.82, 2.24) is 0 Å². The fraction of sp³-hybridized carbons (Fsp3) is 0.200. The van der Waals surface area contributed by atoms with E-state index in [2.05, 4.69) is 60.8 Å². The molecule has 0 aliphatic heterocycles. The molecule has 82 valence electrons. The van der Waals surface area contributed by atoms with Crippen molar-refractivity contribution in [2.45, 2.75) is 13.3 Å². The number of hydrogen-bond acceptors (Lipinski definition) is 1. The first-order valence-electron chi connectivity index (χ1n) is 5.71. The molecule has 0 bridgehead atoms. The van der Waals surface area contributed by atoms with Crippen LogP contribution in [0.5, 0.6) is 0 Å². The average molecular weight is 211 g/mol. The standard InChI is InChI=1S/C15H17N/c1-3-12-7-6-8-13(11-12)14-9-4-5-10-15(14)16-2/h4-11,16H,3H2,1-2H3. The van der Waals surface area contributed by atoms with E-state index >= 15 is 0 Å². The maximum atomic E-state index is 3.23. The van der Waals surface area contributed by atoms with Crippen LogP contribution in [-0.2, 0) is 6.42 Å². The van der Waals surface area contributed by atoms with Crippen LogP contribution in [0, 0.1) is 0 Å². The summed E-state index contributed by atoms with van der Waals surface area (Å²) in [6.07, 6.45) is 1.08. The van der Waals surface area contributed by atoms with Gasteiger partial charge in [-0.1, -0.05) is 49.4 Å². The molecule has 16 heavy (non-hydrogen) atoms. The van der Waals surface area contributed by atoms with E-state index in [9.17, 15) is 0 Å². The number of aryl methyl sites for hydroxylation is 1. The minimum Gasteiger partial charge on any atom is -0.388 e. The molecule has 0 aliphatic rings. The third-order valence-corrected chi connectivity index (χ3v) is 2.84. The van der Waals surface area contributed by atoms with Gasteiger partial charge in [0.2, 0.25) is 0 Å². The lowest BCUT2D eigenvalue weighted by Crippen LogP contribution is -1.91. The van der Waals surface area contributed by atoms with E-state index in [4.69, 9.17) is 0 Å². The molecular weight excluding hydrogens is 194 g/mol. The fourth-order valence-corrected chi connectivity index (χ4v) is 1.91. The number of benzene rings is 2. The second-order valence-electron chi connectivity index (χ2n) is 3.85. The van der Waals surface area contributed by atoms with Crippen LogP contribution in [0.4, 0.5) is 5.69 Å². The zero-order chi connectivity index (χ0) is 11.4. The lowest BCUT2D eigenvalue weighted by atomic mass is 10.0. The molecular formula is C15H17N. The highest BCUT2D eigenvalue weighted by atomic mass is 14.8. The Morgan fingerprint density at radius 3 is 2.56 bits per heavy atom. The van der Waals surface area contributed by atoms with Gasteiger partial charge in [0, 0.05) is 18.3 Å². The highest BCUT2D eigenvalue weighted by molar-refractivity contribution is 5.77. The molecule has 0 spiro atoms. The molecule has 0 aliphatic carbocycles. The summed E-state index contributed by atoms with van der Waals surface area (Å²) in [7, 11) is 1.96. The molecule has 0 unspecified atom stereocenters. The van der Waals surface area contributed by atoms with E-state index in [1.165, 1.54) is 22.4 Å². The molecule has 2 aromatic rings. The maximum Gasteiger partial charge on any atom is 0.0417 e. The van der Waals surface area contributed by atoms with Gasteiger partial charge in [-0.3, -0.25) is 0 Å². The van der Waals surface area contributed by atoms with Crippen molar-refractivity contribution < 1.29 is 0 Å². The molecule has 0 atom stereocenters. The molecule has 2 aromatic carbocycles. The Bertz CT molecular complexity index is 474. The Labute approximate surface area is 97.1 Å². The molecule has 1 N–H and O–H groups in total. The van der Waals surface area contributed by atoms with E-state index in [1.807, 2.05) is 7.05 Å². The van der Waals surface area contributed by atoms with Gasteiger partial charge in [0.05, 0.1) is 0 Å². The highest BCUT2D eigenvalue weighted by Gasteiger charge is 2.02. The predicted octanol–water partition coefficient (Wildman–Crippen LogP) is 3.96. The Morgan fingerprint density at radius 2 is 1.81 bits per heavy atom. The van der Waals surface area contributed by atoms with Crippen LogP contribution in [0.2, 0.25) is 0 Å². The van der Waals surface area contributed by atoms with E-state index < -0.39 is 0 Å². The van der Waals surface area contributed by atoms with Crippen molar-refractivity contribution >= 4 is 5.69 Å². The molecule has 0 saturated heterocycles. The Kier molecular flexibility index (Phi) is 3.25. The van der Waals surface area contributed by atoms with Crippen LogP contribution in [0.25, 0.3) is 11.1 Å². The number of para-hydroxylation sites is 1. The van der Waals surface area contributed by atoms with Gasteiger partial charge in [-0.25, -0.2) is 0 Å². The van der Waals surface area contributed by atoms with E-state index in [0.717, 1.165) is 6.42 Å². The third kappa shape index (κ3) is 2.08. The predicted molar refractivity (Wildman–Crippen MR) is 70.8 cm³/mol. The van der Waals surface area contributed by atoms with Crippen LogP contribution in [-0.4, -0.2) is 7.05 Å². The van der Waals surface area contributed by atoms with Gasteiger partial charge in [-0.15, -0.1) is 0 Å². The van der Waals surface area contributed by atoms with Gasteiger partial charge in [0.1, 0.15) is 0 Å². The first kappa shape index (κ1) is 10.7. The number of nitrogens with one attached hydrogen (secondary N) is 1. The Hall–Kier alpha value is -1.76. The maximum absolute atomic E-state index is 3.23. The minimum atomic E-state index is 1.08. The van der Waals surface area contributed by atoms with Gasteiger partial charge in [0.25, 0.3) is 0 Å². The lowest BCUT2D eigenvalue weighted by molar-refractivity contribution is 1.14. The molecule has 1 nitrogen and oxygen atoms in total. The average Bonchev–Trinajstić information content (AvgIpc) is 2.38. The summed E-state index contributed by atoms with van der Waals surface area (Å²) in [5.74, 6) is 0. The topological polar surface area (TPSA) is 12.0 Å². The van der Waals surface area contributed by atoms with Crippen molar-refractivity contribution in [3.05, 3.63) is 54.1 Å². The van der Waals surface area contributed by atoms with Crippen molar-refractivity contribution in [2.24, 2.45) is 0 Å². The summed E-state index contributed by atoms with van der Waals surface area (Å²) < 4.78 is 0. The SMILES string of the molecule is CCc1cccc(-c2ccccc2NC)c1. The van der Waals surface area contributed by atoms with Crippen molar-refractivity contribution in [1.29, 1.82) is 0 Å². The van der Waals surface area contributed by atoms with Crippen LogP contribution < -0.4 is 5.32 Å². The third-order valence-electron chi connectivity index (χ3n) is 2.84. The van der Waals surface area contributed by atoms with Crippen molar-refractivity contribution in [3.63, 3.8) is 0 Å². The Morgan fingerprint density at radius 1 is 1.00 bits per heavy atom. The fourth-order valence-electron chi connectivity index (χ4n) is 1.91. The minimum absolute atomic E-state index is 1.08.